The number of carbonyl (C=O) groups is 2. The maximum Gasteiger partial charge on any atom is 0.475 e. The Balaban J connectivity index is 1.52. The highest BCUT2D eigenvalue weighted by atomic mass is 31.2. The molecule has 280 valence electrons. The van der Waals surface area contributed by atoms with E-state index < -0.39 is 111 Å². The Morgan fingerprint density at radius 2 is 1.96 bits per heavy atom. The summed E-state index contributed by atoms with van der Waals surface area (Å²) in [6.45, 7) is 2.66. The van der Waals surface area contributed by atoms with Crippen LogP contribution < -0.4 is 16.7 Å². The van der Waals surface area contributed by atoms with Crippen LogP contribution in [0.3, 0.4) is 0 Å². The van der Waals surface area contributed by atoms with Gasteiger partial charge in [-0.25, -0.2) is 23.4 Å². The third-order valence-electron chi connectivity index (χ3n) is 8.28. The number of rotatable bonds is 14. The van der Waals surface area contributed by atoms with Crippen molar-refractivity contribution in [3.05, 3.63) is 34.6 Å². The molecule has 0 aliphatic carbocycles. The summed E-state index contributed by atoms with van der Waals surface area (Å²) in [5.41, 5.74) is 3.26. The van der Waals surface area contributed by atoms with Gasteiger partial charge in [-0.3, -0.25) is 13.9 Å². The monoisotopic (exact) mass is 737 g/mol. The lowest BCUT2D eigenvalue weighted by Crippen LogP contribution is -2.67. The van der Waals surface area contributed by atoms with Crippen molar-refractivity contribution in [3.63, 3.8) is 0 Å². The van der Waals surface area contributed by atoms with E-state index >= 15 is 0 Å². The molecule has 0 aromatic carbocycles. The zero-order valence-electron chi connectivity index (χ0n) is 26.9. The van der Waals surface area contributed by atoms with Crippen molar-refractivity contribution in [1.29, 1.82) is 0 Å². The van der Waals surface area contributed by atoms with E-state index in [0.717, 1.165) is 22.4 Å². The second kappa shape index (κ2) is 15.0. The first-order valence-electron chi connectivity index (χ1n) is 15.1. The molecular formula is C26H40N7O16P. The number of nitrogen functional groups attached to an aromatic ring is 1. The Hall–Kier alpha value is -3.45. The van der Waals surface area contributed by atoms with Crippen molar-refractivity contribution in [2.45, 2.75) is 107 Å². The first-order chi connectivity index (χ1) is 23.2. The Morgan fingerprint density at radius 3 is 2.56 bits per heavy atom. The molecule has 0 spiro atoms. The van der Waals surface area contributed by atoms with Gasteiger partial charge in [0.25, 0.3) is 5.79 Å². The number of carboxylic acids is 1. The van der Waals surface area contributed by atoms with Gasteiger partial charge in [-0.15, -0.1) is 5.10 Å². The first kappa shape index (κ1) is 39.3. The van der Waals surface area contributed by atoms with E-state index in [0.29, 0.717) is 0 Å². The van der Waals surface area contributed by atoms with Crippen molar-refractivity contribution >= 4 is 25.5 Å². The van der Waals surface area contributed by atoms with Gasteiger partial charge in [0.15, 0.2) is 6.23 Å². The largest absolute Gasteiger partial charge is 0.477 e. The predicted molar refractivity (Wildman–Crippen MR) is 161 cm³/mol. The van der Waals surface area contributed by atoms with Crippen molar-refractivity contribution in [2.75, 3.05) is 12.3 Å². The standard InChI is InChI=1S/C26H40N7O16P/c1-4-25(3,43)15-9-32(31-30-15)8-13(36)18(37)21-17(28-11(2)34)12(35)7-26(48-21,23(40)41)49-50(44,45)46-10-14-19(38)20(39)22(47-14)33-6-5-16(27)29-24(33)42/h5-6,9,12-14,17-22,35-39,43H,4,7-8,10H2,1-3H3,(H,28,34)(H,40,41)(H,44,45)(H2,27,29,42)/t12-,13+,14+,17+,18+,19+,20+,21+,22+,25?,26+/m0/s1. The van der Waals surface area contributed by atoms with Gasteiger partial charge in [0, 0.05) is 19.5 Å². The molecule has 23 nitrogen and oxygen atoms in total. The highest BCUT2D eigenvalue weighted by Gasteiger charge is 2.59. The summed E-state index contributed by atoms with van der Waals surface area (Å²) in [5.74, 6) is -6.24. The highest BCUT2D eigenvalue weighted by molar-refractivity contribution is 7.47. The maximum atomic E-state index is 13.1. The molecular weight excluding hydrogens is 697 g/mol. The molecule has 1 amide bonds. The third kappa shape index (κ3) is 8.53. The van der Waals surface area contributed by atoms with Gasteiger partial charge < -0.3 is 61.2 Å². The van der Waals surface area contributed by atoms with Crippen LogP contribution >= 0.6 is 7.82 Å². The fourth-order valence-electron chi connectivity index (χ4n) is 5.32. The van der Waals surface area contributed by atoms with Crippen LogP contribution in [0.4, 0.5) is 5.82 Å². The summed E-state index contributed by atoms with van der Waals surface area (Å²) in [6, 6.07) is -0.387. The number of hydrogen-bond acceptors (Lipinski definition) is 18. The molecule has 2 fully saturated rings. The number of nitrogens with two attached hydrogens (primary N) is 1. The molecule has 0 bridgehead atoms. The molecule has 2 aromatic rings. The molecule has 0 radical (unpaired) electrons. The number of aliphatic hydroxyl groups is 6. The van der Waals surface area contributed by atoms with Crippen LogP contribution in [0.1, 0.15) is 45.5 Å². The number of hydrogen-bond donors (Lipinski definition) is 10. The second-order valence-electron chi connectivity index (χ2n) is 12.1. The van der Waals surface area contributed by atoms with Crippen LogP contribution in [0.2, 0.25) is 0 Å². The molecule has 4 rings (SSSR count). The number of carboxylic acid groups (broad SMARTS) is 1. The number of phosphoric ester groups is 1. The average Bonchev–Trinajstić information content (AvgIpc) is 3.61. The predicted octanol–water partition coefficient (Wildman–Crippen LogP) is -4.36. The number of aliphatic carboxylic acids is 1. The van der Waals surface area contributed by atoms with Crippen LogP contribution in [0.15, 0.2) is 23.3 Å². The summed E-state index contributed by atoms with van der Waals surface area (Å²) in [5, 5.41) is 84.2. The Kier molecular flexibility index (Phi) is 11.8. The smallest absolute Gasteiger partial charge is 0.475 e. The van der Waals surface area contributed by atoms with Gasteiger partial charge >= 0.3 is 19.5 Å². The van der Waals surface area contributed by atoms with E-state index in [-0.39, 0.29) is 17.9 Å². The van der Waals surface area contributed by atoms with E-state index in [2.05, 4.69) is 20.6 Å². The van der Waals surface area contributed by atoms with Crippen molar-refractivity contribution in [3.8, 4) is 0 Å². The number of amides is 1. The maximum absolute atomic E-state index is 13.1. The normalized spacial score (nSPS) is 32.1. The number of nitrogens with one attached hydrogen (secondary N) is 1. The zero-order valence-corrected chi connectivity index (χ0v) is 27.8. The van der Waals surface area contributed by atoms with E-state index in [9.17, 15) is 59.6 Å². The lowest BCUT2D eigenvalue weighted by Gasteiger charge is -2.46. The van der Waals surface area contributed by atoms with Crippen LogP contribution in [-0.2, 0) is 44.8 Å². The SMILES string of the molecule is CCC(C)(O)c1cn(C[C@@H](O)[C@@H](O)[C@@H]2O[C@](OP(=O)(O)OC[C@H]3O[C@@H](n4ccc(N)nc4=O)[C@H](O)[C@@H]3O)(C(=O)O)C[C@H](O)[C@H]2NC(C)=O)nn1. The average molecular weight is 738 g/mol. The quantitative estimate of drug-likeness (QED) is 0.0819. The van der Waals surface area contributed by atoms with E-state index in [1.165, 1.54) is 19.2 Å². The number of nitrogens with zero attached hydrogens (tertiary/aromatic N) is 5. The van der Waals surface area contributed by atoms with E-state index in [1.807, 2.05) is 0 Å². The highest BCUT2D eigenvalue weighted by Crippen LogP contribution is 2.51. The molecule has 0 saturated carbocycles. The molecule has 2 unspecified atom stereocenters. The summed E-state index contributed by atoms with van der Waals surface area (Å²) in [4.78, 5) is 50.7. The number of ether oxygens (including phenoxy) is 2. The molecule has 2 saturated heterocycles. The van der Waals surface area contributed by atoms with E-state index in [4.69, 9.17) is 24.3 Å². The third-order valence-corrected chi connectivity index (χ3v) is 9.28. The lowest BCUT2D eigenvalue weighted by atomic mass is 9.88. The number of aromatic nitrogens is 5. The van der Waals surface area contributed by atoms with Crippen LogP contribution in [0.25, 0.3) is 0 Å². The van der Waals surface area contributed by atoms with Crippen LogP contribution in [0.5, 0.6) is 0 Å². The Morgan fingerprint density at radius 1 is 1.28 bits per heavy atom. The van der Waals surface area contributed by atoms with Gasteiger partial charge in [-0.05, 0) is 19.4 Å². The lowest BCUT2D eigenvalue weighted by molar-refractivity contribution is -0.288. The summed E-state index contributed by atoms with van der Waals surface area (Å²) < 4.78 is 35.6. The van der Waals surface area contributed by atoms with Crippen LogP contribution in [-0.4, -0.2) is 138 Å². The van der Waals surface area contributed by atoms with Gasteiger partial charge in [0.2, 0.25) is 5.91 Å². The van der Waals surface area contributed by atoms with Gasteiger partial charge in [-0.1, -0.05) is 12.1 Å². The summed E-state index contributed by atoms with van der Waals surface area (Å²) in [6.07, 6.45) is -13.1. The van der Waals surface area contributed by atoms with Crippen molar-refractivity contribution in [2.24, 2.45) is 0 Å². The fraction of sp³-hybridized carbons (Fsp3) is 0.692. The number of aliphatic hydroxyl groups excluding tert-OH is 5. The minimum Gasteiger partial charge on any atom is -0.477 e. The van der Waals surface area contributed by atoms with Crippen LogP contribution in [0, 0.1) is 0 Å². The van der Waals surface area contributed by atoms with Gasteiger partial charge in [-0.2, -0.15) is 4.98 Å². The minimum absolute atomic E-state index is 0.135. The molecule has 24 heteroatoms. The Labute approximate surface area is 282 Å². The fourth-order valence-corrected chi connectivity index (χ4v) is 6.28. The van der Waals surface area contributed by atoms with Gasteiger partial charge in [0.05, 0.1) is 31.5 Å². The first-order valence-corrected chi connectivity index (χ1v) is 16.6. The summed E-state index contributed by atoms with van der Waals surface area (Å²) >= 11 is 0. The van der Waals surface area contributed by atoms with Gasteiger partial charge in [0.1, 0.15) is 53.7 Å². The number of phosphoric acid groups is 1. The molecule has 12 atom stereocenters. The summed E-state index contributed by atoms with van der Waals surface area (Å²) in [7, 11) is -5.58. The van der Waals surface area contributed by atoms with Crippen molar-refractivity contribution in [1.82, 2.24) is 29.9 Å². The minimum atomic E-state index is -5.58. The molecule has 50 heavy (non-hydrogen) atoms. The number of anilines is 1. The molecule has 2 aromatic heterocycles. The number of carbonyl (C=O) groups excluding carboxylic acids is 1. The molecule has 2 aliphatic heterocycles. The second-order valence-corrected chi connectivity index (χ2v) is 13.5. The van der Waals surface area contributed by atoms with Crippen molar-refractivity contribution < 1.29 is 73.3 Å². The Bertz CT molecular complexity index is 1640. The zero-order chi connectivity index (χ0) is 37.3. The molecule has 2 aliphatic rings. The topological polar surface area (TPSA) is 354 Å². The molecule has 4 heterocycles. The molecule has 11 N–H and O–H groups in total. The van der Waals surface area contributed by atoms with E-state index in [1.54, 1.807) is 6.92 Å².